The van der Waals surface area contributed by atoms with Gasteiger partial charge in [0.2, 0.25) is 0 Å². The molecule has 1 aromatic rings. The molecule has 0 spiro atoms. The highest BCUT2D eigenvalue weighted by Gasteiger charge is 2.26. The van der Waals surface area contributed by atoms with Crippen LogP contribution in [0.15, 0.2) is 10.3 Å². The summed E-state index contributed by atoms with van der Waals surface area (Å²) in [5, 5.41) is 10.6. The number of nitrogen functional groups attached to an aromatic ring is 1. The SMILES string of the molecule is CCCCC(CCC)NS(=O)(=O)c1cc([N+](=O)[O-])c(N)s1. The molecule has 0 aliphatic rings. The van der Waals surface area contributed by atoms with Crippen molar-refractivity contribution in [2.75, 3.05) is 5.73 Å². The van der Waals surface area contributed by atoms with Gasteiger partial charge in [-0.2, -0.15) is 0 Å². The van der Waals surface area contributed by atoms with Gasteiger partial charge in [0, 0.05) is 12.1 Å². The third-order valence-electron chi connectivity index (χ3n) is 3.04. The molecule has 0 saturated heterocycles. The number of nitrogens with one attached hydrogen (secondary N) is 1. The molecular formula is C12H21N3O4S2. The Morgan fingerprint density at radius 1 is 1.38 bits per heavy atom. The van der Waals surface area contributed by atoms with Crippen LogP contribution in [0, 0.1) is 10.1 Å². The van der Waals surface area contributed by atoms with E-state index in [4.69, 9.17) is 5.73 Å². The number of sulfonamides is 1. The highest BCUT2D eigenvalue weighted by molar-refractivity contribution is 7.91. The van der Waals surface area contributed by atoms with E-state index in [1.807, 2.05) is 13.8 Å². The molecule has 1 heterocycles. The van der Waals surface area contributed by atoms with E-state index in [9.17, 15) is 18.5 Å². The van der Waals surface area contributed by atoms with E-state index in [0.29, 0.717) is 0 Å². The van der Waals surface area contributed by atoms with Gasteiger partial charge >= 0.3 is 5.69 Å². The summed E-state index contributed by atoms with van der Waals surface area (Å²) in [5.74, 6) is 0. The number of nitro groups is 1. The molecule has 3 N–H and O–H groups in total. The second-order valence-corrected chi connectivity index (χ2v) is 7.85. The normalized spacial score (nSPS) is 13.2. The summed E-state index contributed by atoms with van der Waals surface area (Å²) in [6.07, 6.45) is 4.28. The van der Waals surface area contributed by atoms with Crippen molar-refractivity contribution in [3.63, 3.8) is 0 Å². The van der Waals surface area contributed by atoms with E-state index < -0.39 is 14.9 Å². The Hall–Kier alpha value is -1.19. The maximum absolute atomic E-state index is 12.3. The maximum Gasteiger partial charge on any atom is 0.304 e. The summed E-state index contributed by atoms with van der Waals surface area (Å²) in [6.45, 7) is 4.03. The van der Waals surface area contributed by atoms with Crippen LogP contribution in [-0.2, 0) is 10.0 Å². The van der Waals surface area contributed by atoms with Gasteiger partial charge in [0.1, 0.15) is 4.21 Å². The molecule has 120 valence electrons. The first-order valence-electron chi connectivity index (χ1n) is 6.87. The predicted octanol–water partition coefficient (Wildman–Crippen LogP) is 2.88. The van der Waals surface area contributed by atoms with Crippen LogP contribution in [-0.4, -0.2) is 19.4 Å². The van der Waals surface area contributed by atoms with Crippen LogP contribution >= 0.6 is 11.3 Å². The van der Waals surface area contributed by atoms with Crippen LogP contribution in [0.4, 0.5) is 10.7 Å². The zero-order valence-corrected chi connectivity index (χ0v) is 13.8. The van der Waals surface area contributed by atoms with Crippen molar-refractivity contribution in [1.29, 1.82) is 0 Å². The van der Waals surface area contributed by atoms with Crippen molar-refractivity contribution < 1.29 is 13.3 Å². The predicted molar refractivity (Wildman–Crippen MR) is 83.9 cm³/mol. The number of hydrogen-bond acceptors (Lipinski definition) is 6. The van der Waals surface area contributed by atoms with Gasteiger partial charge < -0.3 is 5.73 Å². The van der Waals surface area contributed by atoms with Crippen molar-refractivity contribution in [2.24, 2.45) is 0 Å². The lowest BCUT2D eigenvalue weighted by Gasteiger charge is -2.17. The number of thiophene rings is 1. The van der Waals surface area contributed by atoms with Crippen LogP contribution < -0.4 is 10.5 Å². The molecule has 1 aromatic heterocycles. The lowest BCUT2D eigenvalue weighted by molar-refractivity contribution is -0.383. The second kappa shape index (κ2) is 7.71. The number of anilines is 1. The fourth-order valence-electron chi connectivity index (χ4n) is 1.99. The number of nitrogens with zero attached hydrogens (tertiary/aromatic N) is 1. The van der Waals surface area contributed by atoms with Gasteiger partial charge in [-0.15, -0.1) is 0 Å². The van der Waals surface area contributed by atoms with Crippen LogP contribution in [0.5, 0.6) is 0 Å². The van der Waals surface area contributed by atoms with Gasteiger partial charge in [-0.05, 0) is 12.8 Å². The minimum atomic E-state index is -3.76. The van der Waals surface area contributed by atoms with E-state index in [-0.39, 0.29) is 20.9 Å². The second-order valence-electron chi connectivity index (χ2n) is 4.82. The van der Waals surface area contributed by atoms with E-state index in [2.05, 4.69) is 4.72 Å². The Morgan fingerprint density at radius 3 is 2.52 bits per heavy atom. The van der Waals surface area contributed by atoms with E-state index in [0.717, 1.165) is 49.5 Å². The largest absolute Gasteiger partial charge is 0.385 e. The van der Waals surface area contributed by atoms with Crippen molar-refractivity contribution in [2.45, 2.75) is 56.2 Å². The smallest absolute Gasteiger partial charge is 0.304 e. The average molecular weight is 335 g/mol. The summed E-state index contributed by atoms with van der Waals surface area (Å²) in [7, 11) is -3.76. The minimum absolute atomic E-state index is 0.0963. The Bertz CT molecular complexity index is 583. The quantitative estimate of drug-likeness (QED) is 0.532. The van der Waals surface area contributed by atoms with E-state index in [1.54, 1.807) is 0 Å². The molecule has 0 amide bonds. The topological polar surface area (TPSA) is 115 Å². The molecule has 0 aromatic carbocycles. The zero-order chi connectivity index (χ0) is 16.0. The standard InChI is InChI=1S/C12H21N3O4S2/c1-3-5-7-9(6-4-2)14-21(18,19)11-8-10(15(16)17)12(13)20-11/h8-9,14H,3-7,13H2,1-2H3. The summed E-state index contributed by atoms with van der Waals surface area (Å²) in [6, 6.07) is 0.868. The minimum Gasteiger partial charge on any atom is -0.385 e. The first-order valence-corrected chi connectivity index (χ1v) is 9.17. The maximum atomic E-state index is 12.3. The van der Waals surface area contributed by atoms with Crippen molar-refractivity contribution in [1.82, 2.24) is 4.72 Å². The molecule has 9 heteroatoms. The van der Waals surface area contributed by atoms with Crippen LogP contribution in [0.3, 0.4) is 0 Å². The summed E-state index contributed by atoms with van der Waals surface area (Å²) in [4.78, 5) is 10.1. The summed E-state index contributed by atoms with van der Waals surface area (Å²) in [5.41, 5.74) is 5.13. The monoisotopic (exact) mass is 335 g/mol. The van der Waals surface area contributed by atoms with Crippen molar-refractivity contribution in [3.8, 4) is 0 Å². The van der Waals surface area contributed by atoms with Gasteiger partial charge in [-0.25, -0.2) is 13.1 Å². The Balaban J connectivity index is 2.93. The lowest BCUT2D eigenvalue weighted by atomic mass is 10.1. The van der Waals surface area contributed by atoms with Gasteiger partial charge in [0.05, 0.1) is 4.92 Å². The molecule has 0 aliphatic carbocycles. The van der Waals surface area contributed by atoms with Gasteiger partial charge in [-0.1, -0.05) is 44.4 Å². The number of rotatable bonds is 9. The fourth-order valence-corrected chi connectivity index (χ4v) is 4.52. The lowest BCUT2D eigenvalue weighted by Crippen LogP contribution is -2.34. The Labute approximate surface area is 128 Å². The molecule has 21 heavy (non-hydrogen) atoms. The van der Waals surface area contributed by atoms with Gasteiger partial charge in [-0.3, -0.25) is 10.1 Å². The summed E-state index contributed by atoms with van der Waals surface area (Å²) >= 11 is 0.719. The number of unbranched alkanes of at least 4 members (excludes halogenated alkanes) is 1. The summed E-state index contributed by atoms with van der Waals surface area (Å²) < 4.78 is 27.1. The van der Waals surface area contributed by atoms with Crippen molar-refractivity contribution >= 4 is 32.0 Å². The molecule has 1 rings (SSSR count). The molecule has 0 aliphatic heterocycles. The van der Waals surface area contributed by atoms with Gasteiger partial charge in [0.25, 0.3) is 10.0 Å². The van der Waals surface area contributed by atoms with Crippen LogP contribution in [0.1, 0.15) is 46.0 Å². The zero-order valence-electron chi connectivity index (χ0n) is 12.2. The molecule has 1 atom stereocenters. The first kappa shape index (κ1) is 17.9. The molecule has 0 saturated carbocycles. The molecule has 1 unspecified atom stereocenters. The fraction of sp³-hybridized carbons (Fsp3) is 0.667. The third-order valence-corrected chi connectivity index (χ3v) is 5.99. The Kier molecular flexibility index (Phi) is 6.56. The van der Waals surface area contributed by atoms with E-state index in [1.165, 1.54) is 0 Å². The Morgan fingerprint density at radius 2 is 2.05 bits per heavy atom. The van der Waals surface area contributed by atoms with E-state index >= 15 is 0 Å². The molecular weight excluding hydrogens is 314 g/mol. The number of nitrogens with two attached hydrogens (primary N) is 1. The molecule has 0 radical (unpaired) electrons. The first-order chi connectivity index (χ1) is 9.81. The van der Waals surface area contributed by atoms with Crippen LogP contribution in [0.2, 0.25) is 0 Å². The molecule has 0 fully saturated rings. The van der Waals surface area contributed by atoms with Gasteiger partial charge in [0.15, 0.2) is 5.00 Å². The highest BCUT2D eigenvalue weighted by Crippen LogP contribution is 2.34. The molecule has 7 nitrogen and oxygen atoms in total. The highest BCUT2D eigenvalue weighted by atomic mass is 32.2. The average Bonchev–Trinajstić information content (AvgIpc) is 2.79. The molecule has 0 bridgehead atoms. The van der Waals surface area contributed by atoms with Crippen LogP contribution in [0.25, 0.3) is 0 Å². The third kappa shape index (κ3) is 4.94. The van der Waals surface area contributed by atoms with Crippen molar-refractivity contribution in [3.05, 3.63) is 16.2 Å². The number of hydrogen-bond donors (Lipinski definition) is 2.